The highest BCUT2D eigenvalue weighted by atomic mass is 16.5. The molecule has 1 rings (SSSR count). The number of ether oxygens (including phenoxy) is 1. The molecule has 1 unspecified atom stereocenters. The van der Waals surface area contributed by atoms with Gasteiger partial charge in [-0.1, -0.05) is 0 Å². The Morgan fingerprint density at radius 2 is 2.50 bits per heavy atom. The second kappa shape index (κ2) is 4.42. The normalized spacial score (nSPS) is 31.0. The Morgan fingerprint density at radius 1 is 1.75 bits per heavy atom. The second-order valence-electron chi connectivity index (χ2n) is 3.17. The van der Waals surface area contributed by atoms with Crippen LogP contribution in [0.1, 0.15) is 12.8 Å². The summed E-state index contributed by atoms with van der Waals surface area (Å²) >= 11 is 0. The number of carbonyl (C=O) groups is 1. The predicted octanol–water partition coefficient (Wildman–Crippen LogP) is -0.514. The number of carbonyl (C=O) groups excluding carboxylic acids is 1. The van der Waals surface area contributed by atoms with Gasteiger partial charge >= 0.3 is 0 Å². The van der Waals surface area contributed by atoms with Crippen molar-refractivity contribution in [2.24, 2.45) is 11.7 Å². The lowest BCUT2D eigenvalue weighted by molar-refractivity contribution is -0.123. The first-order valence-corrected chi connectivity index (χ1v) is 4.28. The molecular formula is C8H16N2O2. The molecule has 4 nitrogen and oxygen atoms in total. The Balaban J connectivity index is 2.51. The van der Waals surface area contributed by atoms with Crippen LogP contribution in [0.3, 0.4) is 0 Å². The number of rotatable bonds is 2. The van der Waals surface area contributed by atoms with Gasteiger partial charge in [-0.3, -0.25) is 4.79 Å². The quantitative estimate of drug-likeness (QED) is 0.589. The number of hydrogen-bond acceptors (Lipinski definition) is 3. The van der Waals surface area contributed by atoms with E-state index in [1.807, 2.05) is 0 Å². The summed E-state index contributed by atoms with van der Waals surface area (Å²) in [5, 5.41) is 2.76. The summed E-state index contributed by atoms with van der Waals surface area (Å²) in [6, 6.07) is -0.396. The fraction of sp³-hybridized carbons (Fsp3) is 0.875. The molecule has 4 heteroatoms. The Labute approximate surface area is 72.5 Å². The molecule has 1 heterocycles. The van der Waals surface area contributed by atoms with E-state index in [1.54, 1.807) is 7.11 Å². The molecule has 3 N–H and O–H groups in total. The molecule has 0 aromatic rings. The fourth-order valence-corrected chi connectivity index (χ4v) is 1.49. The summed E-state index contributed by atoms with van der Waals surface area (Å²) in [5.41, 5.74) is 5.72. The number of hydrogen-bond donors (Lipinski definition) is 2. The van der Waals surface area contributed by atoms with Crippen LogP contribution in [0.2, 0.25) is 0 Å². The minimum atomic E-state index is -0.396. The molecule has 0 aliphatic carbocycles. The van der Waals surface area contributed by atoms with Gasteiger partial charge in [0.25, 0.3) is 0 Å². The van der Waals surface area contributed by atoms with Crippen LogP contribution in [-0.4, -0.2) is 32.2 Å². The molecule has 1 amide bonds. The molecule has 70 valence electrons. The van der Waals surface area contributed by atoms with Crippen molar-refractivity contribution in [1.82, 2.24) is 5.32 Å². The van der Waals surface area contributed by atoms with Crippen LogP contribution in [0.5, 0.6) is 0 Å². The summed E-state index contributed by atoms with van der Waals surface area (Å²) in [5.74, 6) is 0.132. The largest absolute Gasteiger partial charge is 0.384 e. The zero-order chi connectivity index (χ0) is 8.97. The van der Waals surface area contributed by atoms with Crippen LogP contribution in [0, 0.1) is 5.92 Å². The molecule has 1 aliphatic heterocycles. The molecule has 1 aliphatic rings. The molecule has 0 spiro atoms. The lowest BCUT2D eigenvalue weighted by atomic mass is 9.97. The summed E-state index contributed by atoms with van der Waals surface area (Å²) in [7, 11) is 1.63. The van der Waals surface area contributed by atoms with Crippen LogP contribution < -0.4 is 11.1 Å². The molecular weight excluding hydrogens is 156 g/mol. The average molecular weight is 172 g/mol. The minimum absolute atomic E-state index is 0.0467. The van der Waals surface area contributed by atoms with Crippen molar-refractivity contribution in [2.75, 3.05) is 20.3 Å². The van der Waals surface area contributed by atoms with E-state index in [-0.39, 0.29) is 11.8 Å². The van der Waals surface area contributed by atoms with Crippen molar-refractivity contribution in [1.29, 1.82) is 0 Å². The summed E-state index contributed by atoms with van der Waals surface area (Å²) in [6.07, 6.45) is 1.96. The molecule has 0 aromatic heterocycles. The van der Waals surface area contributed by atoms with Crippen molar-refractivity contribution in [3.63, 3.8) is 0 Å². The number of amides is 1. The highest BCUT2D eigenvalue weighted by Crippen LogP contribution is 2.13. The van der Waals surface area contributed by atoms with Gasteiger partial charge in [0.1, 0.15) is 0 Å². The third kappa shape index (κ3) is 2.19. The second-order valence-corrected chi connectivity index (χ2v) is 3.17. The summed E-state index contributed by atoms with van der Waals surface area (Å²) in [6.45, 7) is 1.32. The van der Waals surface area contributed by atoms with Gasteiger partial charge in [-0.2, -0.15) is 0 Å². The van der Waals surface area contributed by atoms with Gasteiger partial charge < -0.3 is 15.8 Å². The van der Waals surface area contributed by atoms with Gasteiger partial charge in [0, 0.05) is 19.6 Å². The van der Waals surface area contributed by atoms with Crippen LogP contribution in [0.4, 0.5) is 0 Å². The molecule has 12 heavy (non-hydrogen) atoms. The number of nitrogens with two attached hydrogens (primary N) is 1. The highest BCUT2D eigenvalue weighted by Gasteiger charge is 2.26. The Hall–Kier alpha value is -0.610. The van der Waals surface area contributed by atoms with Gasteiger partial charge in [-0.05, 0) is 12.8 Å². The maximum Gasteiger partial charge on any atom is 0.237 e. The Bertz CT molecular complexity index is 161. The van der Waals surface area contributed by atoms with Gasteiger partial charge in [0.2, 0.25) is 5.91 Å². The standard InChI is InChI=1S/C8H16N2O2/c1-12-5-6-3-2-4-10-8(11)7(6)9/h6-7H,2-5,9H2,1H3,(H,10,11)/t6-,7?/m1/s1. The summed E-state index contributed by atoms with van der Waals surface area (Å²) < 4.78 is 5.00. The lowest BCUT2D eigenvalue weighted by Gasteiger charge is -2.18. The maximum atomic E-state index is 11.2. The Morgan fingerprint density at radius 3 is 3.17 bits per heavy atom. The number of nitrogens with one attached hydrogen (secondary N) is 1. The topological polar surface area (TPSA) is 64.3 Å². The third-order valence-electron chi connectivity index (χ3n) is 2.24. The molecule has 0 aromatic carbocycles. The van der Waals surface area contributed by atoms with Crippen molar-refractivity contribution in [3.05, 3.63) is 0 Å². The average Bonchev–Trinajstić information content (AvgIpc) is 2.20. The van der Waals surface area contributed by atoms with Crippen LogP contribution in [0.25, 0.3) is 0 Å². The third-order valence-corrected chi connectivity index (χ3v) is 2.24. The van der Waals surface area contributed by atoms with E-state index in [1.165, 1.54) is 0 Å². The van der Waals surface area contributed by atoms with E-state index in [0.717, 1.165) is 19.4 Å². The number of methoxy groups -OCH3 is 1. The van der Waals surface area contributed by atoms with Gasteiger partial charge in [0.15, 0.2) is 0 Å². The van der Waals surface area contributed by atoms with Crippen molar-refractivity contribution in [2.45, 2.75) is 18.9 Å². The van der Waals surface area contributed by atoms with Gasteiger partial charge in [-0.25, -0.2) is 0 Å². The first-order chi connectivity index (χ1) is 5.75. The van der Waals surface area contributed by atoms with Crippen molar-refractivity contribution in [3.8, 4) is 0 Å². The van der Waals surface area contributed by atoms with Crippen LogP contribution in [0.15, 0.2) is 0 Å². The maximum absolute atomic E-state index is 11.2. The Kier molecular flexibility index (Phi) is 3.49. The zero-order valence-electron chi connectivity index (χ0n) is 7.38. The molecule has 0 bridgehead atoms. The van der Waals surface area contributed by atoms with Gasteiger partial charge in [0.05, 0.1) is 12.6 Å². The van der Waals surface area contributed by atoms with E-state index in [4.69, 9.17) is 10.5 Å². The smallest absolute Gasteiger partial charge is 0.237 e. The predicted molar refractivity (Wildman–Crippen MR) is 45.6 cm³/mol. The molecule has 1 fully saturated rings. The molecule has 1 saturated heterocycles. The lowest BCUT2D eigenvalue weighted by Crippen LogP contribution is -2.44. The van der Waals surface area contributed by atoms with E-state index in [9.17, 15) is 4.79 Å². The van der Waals surface area contributed by atoms with Crippen LogP contribution >= 0.6 is 0 Å². The zero-order valence-corrected chi connectivity index (χ0v) is 7.38. The monoisotopic (exact) mass is 172 g/mol. The first kappa shape index (κ1) is 9.48. The minimum Gasteiger partial charge on any atom is -0.384 e. The SMILES string of the molecule is COC[C@H]1CCCNC(=O)C1N. The molecule has 0 radical (unpaired) electrons. The van der Waals surface area contributed by atoms with Crippen molar-refractivity contribution >= 4 is 5.91 Å². The first-order valence-electron chi connectivity index (χ1n) is 4.28. The fourth-order valence-electron chi connectivity index (χ4n) is 1.49. The molecule has 2 atom stereocenters. The van der Waals surface area contributed by atoms with Crippen molar-refractivity contribution < 1.29 is 9.53 Å². The van der Waals surface area contributed by atoms with Gasteiger partial charge in [-0.15, -0.1) is 0 Å². The highest BCUT2D eigenvalue weighted by molar-refractivity contribution is 5.82. The van der Waals surface area contributed by atoms with Crippen LogP contribution in [-0.2, 0) is 9.53 Å². The molecule has 0 saturated carbocycles. The van der Waals surface area contributed by atoms with E-state index >= 15 is 0 Å². The van der Waals surface area contributed by atoms with E-state index in [2.05, 4.69) is 5.32 Å². The van der Waals surface area contributed by atoms with E-state index in [0.29, 0.717) is 6.61 Å². The van der Waals surface area contributed by atoms with E-state index < -0.39 is 6.04 Å². The summed E-state index contributed by atoms with van der Waals surface area (Å²) in [4.78, 5) is 11.2.